The molecule has 0 saturated heterocycles. The molecule has 0 aliphatic heterocycles. The van der Waals surface area contributed by atoms with Gasteiger partial charge in [0.1, 0.15) is 5.75 Å². The van der Waals surface area contributed by atoms with Gasteiger partial charge in [-0.15, -0.1) is 0 Å². The van der Waals surface area contributed by atoms with Gasteiger partial charge in [0.05, 0.1) is 13.5 Å². The minimum Gasteiger partial charge on any atom is -0.497 e. The van der Waals surface area contributed by atoms with Crippen molar-refractivity contribution >= 4 is 17.5 Å². The lowest BCUT2D eigenvalue weighted by molar-refractivity contribution is -0.120. The molecule has 0 aromatic heterocycles. The average molecular weight is 353 g/mol. The Hall–Kier alpha value is -3.15. The molecule has 0 spiro atoms. The van der Waals surface area contributed by atoms with Gasteiger partial charge >= 0.3 is 0 Å². The average Bonchev–Trinajstić information content (AvgIpc) is 2.65. The molecule has 0 unspecified atom stereocenters. The summed E-state index contributed by atoms with van der Waals surface area (Å²) in [7, 11) is 1.61. The van der Waals surface area contributed by atoms with E-state index in [0.29, 0.717) is 17.8 Å². The van der Waals surface area contributed by atoms with Crippen LogP contribution >= 0.6 is 0 Å². The van der Waals surface area contributed by atoms with Crippen LogP contribution in [0.25, 0.3) is 0 Å². The third kappa shape index (κ3) is 6.05. The van der Waals surface area contributed by atoms with Crippen LogP contribution in [0, 0.1) is 6.92 Å². The Labute approximate surface area is 153 Å². The molecule has 0 radical (unpaired) electrons. The Morgan fingerprint density at radius 3 is 2.31 bits per heavy atom. The maximum atomic E-state index is 12.0. The Morgan fingerprint density at radius 1 is 1.04 bits per heavy atom. The van der Waals surface area contributed by atoms with Gasteiger partial charge in [0.25, 0.3) is 5.91 Å². The van der Waals surface area contributed by atoms with Gasteiger partial charge in [0.2, 0.25) is 5.91 Å². The van der Waals surface area contributed by atoms with Crippen LogP contribution in [0.4, 0.5) is 0 Å². The molecule has 0 heterocycles. The summed E-state index contributed by atoms with van der Waals surface area (Å²) in [6.45, 7) is 4.07. The van der Waals surface area contributed by atoms with Crippen LogP contribution in [0.1, 0.15) is 34.8 Å². The van der Waals surface area contributed by atoms with Crippen molar-refractivity contribution in [3.63, 3.8) is 0 Å². The third-order valence-electron chi connectivity index (χ3n) is 3.73. The van der Waals surface area contributed by atoms with Crippen molar-refractivity contribution in [1.82, 2.24) is 10.7 Å². The molecule has 0 saturated carbocycles. The highest BCUT2D eigenvalue weighted by molar-refractivity contribution is 6.01. The van der Waals surface area contributed by atoms with Crippen molar-refractivity contribution in [3.05, 3.63) is 65.2 Å². The highest BCUT2D eigenvalue weighted by atomic mass is 16.5. The van der Waals surface area contributed by atoms with E-state index in [1.54, 1.807) is 26.2 Å². The van der Waals surface area contributed by atoms with E-state index in [2.05, 4.69) is 15.8 Å². The number of carbonyl (C=O) groups is 2. The Bertz CT molecular complexity index is 781. The maximum absolute atomic E-state index is 12.0. The third-order valence-corrected chi connectivity index (χ3v) is 3.73. The van der Waals surface area contributed by atoms with Crippen molar-refractivity contribution in [3.8, 4) is 5.75 Å². The molecule has 6 heteroatoms. The number of ether oxygens (including phenoxy) is 1. The minimum absolute atomic E-state index is 0.115. The van der Waals surface area contributed by atoms with E-state index in [0.717, 1.165) is 16.9 Å². The smallest absolute Gasteiger partial charge is 0.271 e. The Morgan fingerprint density at radius 2 is 1.69 bits per heavy atom. The second-order valence-corrected chi connectivity index (χ2v) is 5.96. The molecule has 2 N–H and O–H groups in total. The first-order valence-electron chi connectivity index (χ1n) is 8.27. The first kappa shape index (κ1) is 19.2. The van der Waals surface area contributed by atoms with E-state index in [4.69, 9.17) is 4.74 Å². The predicted molar refractivity (Wildman–Crippen MR) is 101 cm³/mol. The zero-order valence-electron chi connectivity index (χ0n) is 15.2. The van der Waals surface area contributed by atoms with Gasteiger partial charge in [-0.3, -0.25) is 9.59 Å². The topological polar surface area (TPSA) is 79.8 Å². The van der Waals surface area contributed by atoms with Crippen LogP contribution in [-0.4, -0.2) is 24.6 Å². The molecular formula is C20H23N3O3. The Kier molecular flexibility index (Phi) is 6.91. The zero-order valence-corrected chi connectivity index (χ0v) is 15.2. The van der Waals surface area contributed by atoms with Crippen LogP contribution in [0.5, 0.6) is 5.75 Å². The van der Waals surface area contributed by atoms with Crippen molar-refractivity contribution in [2.24, 2.45) is 5.10 Å². The summed E-state index contributed by atoms with van der Waals surface area (Å²) in [5, 5.41) is 6.80. The number of nitrogens with zero attached hydrogens (tertiary/aromatic N) is 1. The van der Waals surface area contributed by atoms with Gasteiger partial charge < -0.3 is 10.1 Å². The molecule has 6 nitrogen and oxygen atoms in total. The van der Waals surface area contributed by atoms with Gasteiger partial charge in [0, 0.05) is 17.8 Å². The molecule has 0 aliphatic carbocycles. The fourth-order valence-electron chi connectivity index (χ4n) is 2.19. The quantitative estimate of drug-likeness (QED) is 0.593. The summed E-state index contributed by atoms with van der Waals surface area (Å²) in [4.78, 5) is 24.0. The summed E-state index contributed by atoms with van der Waals surface area (Å²) in [6.07, 6.45) is 0.115. The highest BCUT2D eigenvalue weighted by Crippen LogP contribution is 2.11. The van der Waals surface area contributed by atoms with E-state index in [9.17, 15) is 9.59 Å². The fourth-order valence-corrected chi connectivity index (χ4v) is 2.19. The second-order valence-electron chi connectivity index (χ2n) is 5.96. The molecule has 2 aromatic rings. The number of aryl methyl sites for hydroxylation is 1. The van der Waals surface area contributed by atoms with E-state index >= 15 is 0 Å². The number of rotatable bonds is 7. The molecule has 0 bridgehead atoms. The van der Waals surface area contributed by atoms with Crippen LogP contribution in [0.15, 0.2) is 53.6 Å². The molecule has 2 aromatic carbocycles. The van der Waals surface area contributed by atoms with Crippen molar-refractivity contribution in [2.45, 2.75) is 26.8 Å². The van der Waals surface area contributed by atoms with Crippen molar-refractivity contribution < 1.29 is 14.3 Å². The number of amides is 2. The summed E-state index contributed by atoms with van der Waals surface area (Å²) in [5.41, 5.74) is 5.57. The molecule has 2 rings (SSSR count). The minimum atomic E-state index is -0.303. The summed E-state index contributed by atoms with van der Waals surface area (Å²) >= 11 is 0. The van der Waals surface area contributed by atoms with E-state index in [1.165, 1.54) is 0 Å². The highest BCUT2D eigenvalue weighted by Gasteiger charge is 2.06. The van der Waals surface area contributed by atoms with Crippen LogP contribution in [-0.2, 0) is 11.3 Å². The van der Waals surface area contributed by atoms with E-state index in [1.807, 2.05) is 43.3 Å². The second kappa shape index (κ2) is 9.36. The number of nitrogens with one attached hydrogen (secondary N) is 2. The van der Waals surface area contributed by atoms with Gasteiger partial charge in [-0.05, 0) is 43.7 Å². The van der Waals surface area contributed by atoms with Crippen LogP contribution in [0.2, 0.25) is 0 Å². The van der Waals surface area contributed by atoms with Crippen molar-refractivity contribution in [2.75, 3.05) is 7.11 Å². The summed E-state index contributed by atoms with van der Waals surface area (Å²) in [5.74, 6) is 0.307. The summed E-state index contributed by atoms with van der Waals surface area (Å²) in [6, 6.07) is 14.7. The molecule has 0 atom stereocenters. The standard InChI is InChI=1S/C20H23N3O3/c1-14-4-8-17(9-5-14)20(25)23-22-15(2)12-19(24)21-13-16-6-10-18(26-3)11-7-16/h4-11H,12-13H2,1-3H3,(H,21,24)(H,23,25)/b22-15-. The molecule has 0 fully saturated rings. The largest absolute Gasteiger partial charge is 0.497 e. The van der Waals surface area contributed by atoms with Crippen LogP contribution < -0.4 is 15.5 Å². The lowest BCUT2D eigenvalue weighted by Crippen LogP contribution is -2.26. The van der Waals surface area contributed by atoms with E-state index in [-0.39, 0.29) is 18.2 Å². The number of hydrogen-bond acceptors (Lipinski definition) is 4. The summed E-state index contributed by atoms with van der Waals surface area (Å²) < 4.78 is 5.09. The van der Waals surface area contributed by atoms with Gasteiger partial charge in [0.15, 0.2) is 0 Å². The molecule has 2 amide bonds. The maximum Gasteiger partial charge on any atom is 0.271 e. The molecule has 26 heavy (non-hydrogen) atoms. The predicted octanol–water partition coefficient (Wildman–Crippen LogP) is 2.82. The van der Waals surface area contributed by atoms with Gasteiger partial charge in [-0.1, -0.05) is 29.8 Å². The fraction of sp³-hybridized carbons (Fsp3) is 0.250. The molecule has 0 aliphatic rings. The first-order valence-corrected chi connectivity index (χ1v) is 8.27. The Balaban J connectivity index is 1.78. The van der Waals surface area contributed by atoms with Gasteiger partial charge in [-0.2, -0.15) is 5.10 Å². The van der Waals surface area contributed by atoms with Gasteiger partial charge in [-0.25, -0.2) is 5.43 Å². The SMILES string of the molecule is COc1ccc(CNC(=O)C/C(C)=N\NC(=O)c2ccc(C)cc2)cc1. The molecular weight excluding hydrogens is 330 g/mol. The number of methoxy groups -OCH3 is 1. The first-order chi connectivity index (χ1) is 12.5. The zero-order chi connectivity index (χ0) is 18.9. The normalized spacial score (nSPS) is 11.0. The number of hydrazone groups is 1. The lowest BCUT2D eigenvalue weighted by atomic mass is 10.1. The number of benzene rings is 2. The monoisotopic (exact) mass is 353 g/mol. The lowest BCUT2D eigenvalue weighted by Gasteiger charge is -2.07. The van der Waals surface area contributed by atoms with Crippen molar-refractivity contribution in [1.29, 1.82) is 0 Å². The molecule has 136 valence electrons. The number of hydrogen-bond donors (Lipinski definition) is 2. The van der Waals surface area contributed by atoms with E-state index < -0.39 is 0 Å². The van der Waals surface area contributed by atoms with Crippen LogP contribution in [0.3, 0.4) is 0 Å². The number of carbonyl (C=O) groups excluding carboxylic acids is 2.